The summed E-state index contributed by atoms with van der Waals surface area (Å²) in [4.78, 5) is 53.1. The summed E-state index contributed by atoms with van der Waals surface area (Å²) in [5, 5.41) is 65.2. The lowest BCUT2D eigenvalue weighted by Crippen LogP contribution is -2.59. The number of amides is 2. The summed E-state index contributed by atoms with van der Waals surface area (Å²) in [5.74, 6) is -3.15. The molecule has 2 saturated heterocycles. The first kappa shape index (κ1) is 46.7. The Morgan fingerprint density at radius 3 is 2.21 bits per heavy atom. The normalized spacial score (nSPS) is 30.1. The first-order valence-corrected chi connectivity index (χ1v) is 21.0. The van der Waals surface area contributed by atoms with Crippen molar-refractivity contribution in [2.45, 2.75) is 151 Å². The number of fused-ring (bicyclic) bond motifs is 1. The molecule has 4 fully saturated rings. The zero-order chi connectivity index (χ0) is 44.2. The summed E-state index contributed by atoms with van der Waals surface area (Å²) in [6.45, 7) is 5.39. The van der Waals surface area contributed by atoms with E-state index >= 15 is 0 Å². The molecule has 61 heavy (non-hydrogen) atoms. The van der Waals surface area contributed by atoms with Gasteiger partial charge in [0, 0.05) is 30.3 Å². The fourth-order valence-corrected chi connectivity index (χ4v) is 7.87. The van der Waals surface area contributed by atoms with Gasteiger partial charge in [-0.1, -0.05) is 24.3 Å². The van der Waals surface area contributed by atoms with Gasteiger partial charge in [-0.2, -0.15) is 0 Å². The molecule has 0 radical (unpaired) electrons. The first-order chi connectivity index (χ1) is 28.9. The van der Waals surface area contributed by atoms with Crippen molar-refractivity contribution in [3.05, 3.63) is 53.1 Å². The lowest BCUT2D eigenvalue weighted by molar-refractivity contribution is -0.298. The highest BCUT2D eigenvalue weighted by atomic mass is 16.8. The fourth-order valence-electron chi connectivity index (χ4n) is 7.87. The van der Waals surface area contributed by atoms with Gasteiger partial charge >= 0.3 is 11.9 Å². The Morgan fingerprint density at radius 2 is 1.62 bits per heavy atom. The molecule has 0 bridgehead atoms. The number of hydrogen-bond acceptors (Lipinski definition) is 16. The summed E-state index contributed by atoms with van der Waals surface area (Å²) in [6.07, 6.45) is -2.17. The van der Waals surface area contributed by atoms with E-state index in [0.29, 0.717) is 5.56 Å². The van der Waals surface area contributed by atoms with E-state index in [-0.39, 0.29) is 48.8 Å². The fraction of sp³-hybridized carbons (Fsp3) is 0.674. The van der Waals surface area contributed by atoms with Gasteiger partial charge in [0.05, 0.1) is 37.5 Å². The molecule has 8 N–H and O–H groups in total. The Morgan fingerprint density at radius 1 is 0.951 bits per heavy atom. The number of carbonyl (C=O) groups excluding carboxylic acids is 4. The Bertz CT molecular complexity index is 1760. The minimum Gasteiger partial charge on any atom is -0.460 e. The molecule has 3 aliphatic carbocycles. The van der Waals surface area contributed by atoms with Gasteiger partial charge in [-0.3, -0.25) is 14.4 Å². The van der Waals surface area contributed by atoms with E-state index in [4.69, 9.17) is 28.4 Å². The van der Waals surface area contributed by atoms with Crippen LogP contribution in [0.4, 0.5) is 0 Å². The second-order valence-electron chi connectivity index (χ2n) is 17.5. The smallest absolute Gasteiger partial charge is 0.338 e. The summed E-state index contributed by atoms with van der Waals surface area (Å²) in [6, 6.07) is 4.17. The lowest BCUT2D eigenvalue weighted by atomic mass is 9.91. The van der Waals surface area contributed by atoms with Crippen LogP contribution in [-0.4, -0.2) is 153 Å². The standard InChI is InChI=1S/C43H60N2O16/c1-22(48)33(39(54)44-28(20-46)15-16-32(49)60-42(2,3)4)45-38(53)25-18-29(37-30(19-25)59-43(61-37,26-11-12-26)27-13-14-27)57-40(55)24-9-7-23(8-10-24)6-5-17-56-41-36(52)35(51)34(50)31(21-47)58-41/h5-10,19,22,26-31,33-37,41,46-48,50-52H,11-18,20-21H2,1-4H3,(H,44,54)(H,45,53). The van der Waals surface area contributed by atoms with E-state index in [1.165, 1.54) is 6.92 Å². The zero-order valence-corrected chi connectivity index (χ0v) is 34.9. The van der Waals surface area contributed by atoms with Crippen LogP contribution in [0.2, 0.25) is 0 Å². The van der Waals surface area contributed by atoms with Crippen LogP contribution in [-0.2, 0) is 42.8 Å². The number of aliphatic hydroxyl groups excluding tert-OH is 6. The molecule has 6 rings (SSSR count). The molecule has 1 aromatic rings. The van der Waals surface area contributed by atoms with Crippen molar-refractivity contribution in [3.8, 4) is 0 Å². The maximum Gasteiger partial charge on any atom is 0.338 e. The number of hydrogen-bond donors (Lipinski definition) is 8. The van der Waals surface area contributed by atoms with Gasteiger partial charge in [-0.05, 0) is 83.6 Å². The molecule has 2 amide bonds. The average molecular weight is 861 g/mol. The van der Waals surface area contributed by atoms with E-state index in [1.807, 2.05) is 0 Å². The molecule has 0 aromatic heterocycles. The van der Waals surface area contributed by atoms with Crippen molar-refractivity contribution >= 4 is 29.8 Å². The van der Waals surface area contributed by atoms with Crippen LogP contribution in [0, 0.1) is 11.8 Å². The molecule has 2 aliphatic heterocycles. The van der Waals surface area contributed by atoms with Crippen molar-refractivity contribution in [1.82, 2.24) is 10.6 Å². The summed E-state index contributed by atoms with van der Waals surface area (Å²) >= 11 is 0. The van der Waals surface area contributed by atoms with Crippen molar-refractivity contribution in [2.24, 2.45) is 11.8 Å². The van der Waals surface area contributed by atoms with Crippen LogP contribution in [0.1, 0.15) is 88.6 Å². The molecular formula is C43H60N2O16. The van der Waals surface area contributed by atoms with Crippen molar-refractivity contribution in [3.63, 3.8) is 0 Å². The first-order valence-electron chi connectivity index (χ1n) is 21.0. The van der Waals surface area contributed by atoms with E-state index in [1.54, 1.807) is 63.3 Å². The molecule has 18 heteroatoms. The van der Waals surface area contributed by atoms with Crippen LogP contribution in [0.15, 0.2) is 42.0 Å². The molecule has 11 atom stereocenters. The predicted molar refractivity (Wildman–Crippen MR) is 213 cm³/mol. The second kappa shape index (κ2) is 19.7. The molecule has 11 unspecified atom stereocenters. The number of carbonyl (C=O) groups is 4. The average Bonchev–Trinajstić information content (AvgIpc) is 4.17. The maximum atomic E-state index is 13.9. The number of aliphatic hydroxyl groups is 6. The minimum absolute atomic E-state index is 0.0485. The zero-order valence-electron chi connectivity index (χ0n) is 34.9. The molecule has 18 nitrogen and oxygen atoms in total. The van der Waals surface area contributed by atoms with E-state index in [2.05, 4.69) is 10.6 Å². The third kappa shape index (κ3) is 11.6. The lowest BCUT2D eigenvalue weighted by Gasteiger charge is -2.39. The second-order valence-corrected chi connectivity index (χ2v) is 17.5. The Hall–Kier alpha value is -3.82. The third-order valence-electron chi connectivity index (χ3n) is 11.4. The molecular weight excluding hydrogens is 800 g/mol. The third-order valence-corrected chi connectivity index (χ3v) is 11.4. The Labute approximate surface area is 354 Å². The number of nitrogens with one attached hydrogen (secondary N) is 2. The largest absolute Gasteiger partial charge is 0.460 e. The maximum absolute atomic E-state index is 13.9. The van der Waals surface area contributed by atoms with E-state index in [9.17, 15) is 49.8 Å². The monoisotopic (exact) mass is 860 g/mol. The summed E-state index contributed by atoms with van der Waals surface area (Å²) in [7, 11) is 0. The van der Waals surface area contributed by atoms with Crippen LogP contribution in [0.3, 0.4) is 0 Å². The molecule has 1 aromatic carbocycles. The van der Waals surface area contributed by atoms with Crippen LogP contribution in [0.5, 0.6) is 0 Å². The van der Waals surface area contributed by atoms with Gasteiger partial charge in [-0.15, -0.1) is 0 Å². The highest BCUT2D eigenvalue weighted by Crippen LogP contribution is 2.59. The molecule has 5 aliphatic rings. The minimum atomic E-state index is -1.56. The quantitative estimate of drug-likeness (QED) is 0.0913. The number of rotatable bonds is 18. The van der Waals surface area contributed by atoms with Gasteiger partial charge in [-0.25, -0.2) is 4.79 Å². The molecule has 2 heterocycles. The highest BCUT2D eigenvalue weighted by Gasteiger charge is 2.64. The Balaban J connectivity index is 1.09. The van der Waals surface area contributed by atoms with E-state index < -0.39 is 116 Å². The Kier molecular flexibility index (Phi) is 15.1. The van der Waals surface area contributed by atoms with Gasteiger partial charge in [0.15, 0.2) is 12.1 Å². The number of benzene rings is 1. The summed E-state index contributed by atoms with van der Waals surface area (Å²) in [5.41, 5.74) is 0.365. The van der Waals surface area contributed by atoms with Gasteiger partial charge in [0.25, 0.3) is 0 Å². The SMILES string of the molecule is CC(O)C(NC(=O)C1=CC2OC(C3CC3)(C3CC3)OC2C(OC(=O)c2ccc(C=CCOC3OC(CO)C(O)C(O)C3O)cc2)C1)C(=O)NC(CO)CCC(=O)OC(C)(C)C. The van der Waals surface area contributed by atoms with Gasteiger partial charge in [0.1, 0.15) is 54.4 Å². The van der Waals surface area contributed by atoms with Gasteiger partial charge < -0.3 is 69.7 Å². The van der Waals surface area contributed by atoms with Crippen LogP contribution < -0.4 is 10.6 Å². The highest BCUT2D eigenvalue weighted by molar-refractivity contribution is 5.97. The van der Waals surface area contributed by atoms with Gasteiger partial charge in [0.2, 0.25) is 11.8 Å². The molecule has 0 spiro atoms. The van der Waals surface area contributed by atoms with Crippen molar-refractivity contribution in [1.29, 1.82) is 0 Å². The van der Waals surface area contributed by atoms with E-state index in [0.717, 1.165) is 25.7 Å². The molecule has 338 valence electrons. The number of ether oxygens (including phenoxy) is 6. The summed E-state index contributed by atoms with van der Waals surface area (Å²) < 4.78 is 35.5. The van der Waals surface area contributed by atoms with Crippen molar-refractivity contribution in [2.75, 3.05) is 19.8 Å². The van der Waals surface area contributed by atoms with Crippen molar-refractivity contribution < 1.29 is 78.2 Å². The predicted octanol–water partition coefficient (Wildman–Crippen LogP) is 0.137. The number of esters is 2. The topological polar surface area (TPSA) is 269 Å². The van der Waals surface area contributed by atoms with Crippen LogP contribution >= 0.6 is 0 Å². The molecule has 2 saturated carbocycles. The van der Waals surface area contributed by atoms with Crippen LogP contribution in [0.25, 0.3) is 6.08 Å².